The van der Waals surface area contributed by atoms with Crippen LogP contribution in [0.4, 0.5) is 0 Å². The Hall–Kier alpha value is -1.44. The highest BCUT2D eigenvalue weighted by molar-refractivity contribution is 5.83. The Morgan fingerprint density at radius 2 is 2.32 bits per heavy atom. The van der Waals surface area contributed by atoms with Crippen molar-refractivity contribution < 1.29 is 19.4 Å². The van der Waals surface area contributed by atoms with Crippen molar-refractivity contribution in [3.05, 3.63) is 11.6 Å². The monoisotopic (exact) mass is 311 g/mol. The Bertz CT molecular complexity index is 439. The average molecular weight is 311 g/mol. The smallest absolute Gasteiger partial charge is 0.325 e. The van der Waals surface area contributed by atoms with Gasteiger partial charge in [-0.3, -0.25) is 14.5 Å². The molecule has 2 heterocycles. The maximum absolute atomic E-state index is 12.1. The molecule has 0 aromatic heterocycles. The summed E-state index contributed by atoms with van der Waals surface area (Å²) in [5.41, 5.74) is 0.993. The summed E-state index contributed by atoms with van der Waals surface area (Å²) < 4.78 is 4.87. The highest BCUT2D eigenvalue weighted by Crippen LogP contribution is 2.11. The number of piperazine rings is 1. The molecule has 2 saturated heterocycles. The Morgan fingerprint density at radius 1 is 1.50 bits per heavy atom. The molecule has 0 aliphatic carbocycles. The second-order valence-corrected chi connectivity index (χ2v) is 5.62. The summed E-state index contributed by atoms with van der Waals surface area (Å²) in [6.45, 7) is 5.85. The number of hydrogen-bond donors (Lipinski definition) is 2. The fraction of sp³-hybridized carbons (Fsp3) is 0.733. The van der Waals surface area contributed by atoms with E-state index in [0.29, 0.717) is 32.8 Å². The second-order valence-electron chi connectivity index (χ2n) is 5.62. The molecular formula is C15H25N3O4. The molecule has 2 aliphatic rings. The third-order valence-corrected chi connectivity index (χ3v) is 3.99. The van der Waals surface area contributed by atoms with E-state index in [-0.39, 0.29) is 24.5 Å². The van der Waals surface area contributed by atoms with Gasteiger partial charge in [-0.25, -0.2) is 0 Å². The van der Waals surface area contributed by atoms with Crippen LogP contribution < -0.4 is 5.32 Å². The second kappa shape index (κ2) is 8.26. The molecule has 1 unspecified atom stereocenters. The number of rotatable bonds is 5. The third kappa shape index (κ3) is 4.79. The van der Waals surface area contributed by atoms with E-state index in [9.17, 15) is 14.7 Å². The van der Waals surface area contributed by atoms with Gasteiger partial charge in [-0.2, -0.15) is 0 Å². The van der Waals surface area contributed by atoms with Crippen LogP contribution in [-0.4, -0.2) is 85.3 Å². The molecule has 2 N–H and O–H groups in total. The maximum Gasteiger partial charge on any atom is 0.325 e. The van der Waals surface area contributed by atoms with Crippen LogP contribution in [0.1, 0.15) is 13.3 Å². The summed E-state index contributed by atoms with van der Waals surface area (Å²) in [6, 6.07) is 0. The topological polar surface area (TPSA) is 82.1 Å². The predicted octanol–water partition coefficient (Wildman–Crippen LogP) is -1.03. The zero-order chi connectivity index (χ0) is 15.9. The van der Waals surface area contributed by atoms with Gasteiger partial charge in [0, 0.05) is 26.2 Å². The van der Waals surface area contributed by atoms with E-state index < -0.39 is 0 Å². The van der Waals surface area contributed by atoms with Crippen LogP contribution in [0.2, 0.25) is 0 Å². The fourth-order valence-electron chi connectivity index (χ4n) is 2.67. The first-order chi connectivity index (χ1) is 10.6. The molecule has 2 aliphatic heterocycles. The third-order valence-electron chi connectivity index (χ3n) is 3.99. The molecule has 1 atom stereocenters. The lowest BCUT2D eigenvalue weighted by atomic mass is 10.0. The lowest BCUT2D eigenvalue weighted by Crippen LogP contribution is -2.52. The van der Waals surface area contributed by atoms with Crippen LogP contribution >= 0.6 is 0 Å². The zero-order valence-electron chi connectivity index (χ0n) is 13.1. The highest BCUT2D eigenvalue weighted by atomic mass is 16.5. The fourth-order valence-corrected chi connectivity index (χ4v) is 2.67. The normalized spacial score (nSPS) is 25.5. The summed E-state index contributed by atoms with van der Waals surface area (Å²) in [6.07, 6.45) is 2.37. The Labute approximate surface area is 130 Å². The van der Waals surface area contributed by atoms with E-state index in [2.05, 4.69) is 5.32 Å². The van der Waals surface area contributed by atoms with Crippen LogP contribution in [-0.2, 0) is 14.3 Å². The molecule has 2 fully saturated rings. The molecule has 1 amide bonds. The van der Waals surface area contributed by atoms with E-state index in [1.54, 1.807) is 11.8 Å². The van der Waals surface area contributed by atoms with Crippen molar-refractivity contribution in [1.29, 1.82) is 0 Å². The predicted molar refractivity (Wildman–Crippen MR) is 81.2 cm³/mol. The minimum absolute atomic E-state index is 0.0320. The molecule has 0 radical (unpaired) electrons. The Balaban J connectivity index is 1.79. The average Bonchev–Trinajstić information content (AvgIpc) is 2.49. The minimum Gasteiger partial charge on any atom is -0.465 e. The molecule has 0 spiro atoms. The molecule has 7 heteroatoms. The first kappa shape index (κ1) is 16.9. The van der Waals surface area contributed by atoms with E-state index in [1.165, 1.54) is 0 Å². The lowest BCUT2D eigenvalue weighted by molar-refractivity contribution is -0.150. The van der Waals surface area contributed by atoms with Crippen molar-refractivity contribution in [2.24, 2.45) is 0 Å². The van der Waals surface area contributed by atoms with Crippen LogP contribution in [0, 0.1) is 0 Å². The van der Waals surface area contributed by atoms with E-state index in [4.69, 9.17) is 4.74 Å². The van der Waals surface area contributed by atoms with Crippen molar-refractivity contribution in [3.8, 4) is 0 Å². The number of ether oxygens (including phenoxy) is 1. The molecule has 0 aromatic carbocycles. The zero-order valence-corrected chi connectivity index (χ0v) is 13.1. The van der Waals surface area contributed by atoms with Gasteiger partial charge >= 0.3 is 5.97 Å². The number of carbonyl (C=O) groups excluding carboxylic acids is 2. The van der Waals surface area contributed by atoms with Gasteiger partial charge < -0.3 is 20.1 Å². The number of nitrogens with one attached hydrogen (secondary N) is 1. The number of hydrogen-bond acceptors (Lipinski definition) is 6. The van der Waals surface area contributed by atoms with Crippen molar-refractivity contribution in [1.82, 2.24) is 15.1 Å². The van der Waals surface area contributed by atoms with Crippen LogP contribution in [0.25, 0.3) is 0 Å². The number of aliphatic hydroxyl groups is 1. The van der Waals surface area contributed by atoms with Gasteiger partial charge in [0.1, 0.15) is 6.54 Å². The molecular weight excluding hydrogens is 286 g/mol. The molecule has 124 valence electrons. The van der Waals surface area contributed by atoms with Crippen LogP contribution in [0.3, 0.4) is 0 Å². The lowest BCUT2D eigenvalue weighted by Gasteiger charge is -2.33. The molecule has 7 nitrogen and oxygen atoms in total. The van der Waals surface area contributed by atoms with Gasteiger partial charge in [0.05, 0.1) is 19.3 Å². The highest BCUT2D eigenvalue weighted by Gasteiger charge is 2.25. The molecule has 0 saturated carbocycles. The van der Waals surface area contributed by atoms with Crippen molar-refractivity contribution in [2.45, 2.75) is 19.4 Å². The number of esters is 1. The van der Waals surface area contributed by atoms with Crippen molar-refractivity contribution in [2.75, 3.05) is 52.4 Å². The molecule has 0 bridgehead atoms. The summed E-state index contributed by atoms with van der Waals surface area (Å²) in [4.78, 5) is 27.1. The van der Waals surface area contributed by atoms with Gasteiger partial charge in [-0.1, -0.05) is 6.08 Å². The van der Waals surface area contributed by atoms with Crippen molar-refractivity contribution >= 4 is 11.9 Å². The van der Waals surface area contributed by atoms with Gasteiger partial charge in [0.15, 0.2) is 0 Å². The number of amides is 1. The Kier molecular flexibility index (Phi) is 6.35. The quantitative estimate of drug-likeness (QED) is 0.499. The maximum atomic E-state index is 12.1. The summed E-state index contributed by atoms with van der Waals surface area (Å²) in [5, 5.41) is 13.1. The molecule has 0 aromatic rings. The summed E-state index contributed by atoms with van der Waals surface area (Å²) in [5.74, 6) is -0.414. The van der Waals surface area contributed by atoms with Gasteiger partial charge in [-0.15, -0.1) is 0 Å². The van der Waals surface area contributed by atoms with Gasteiger partial charge in [0.25, 0.3) is 0 Å². The first-order valence-electron chi connectivity index (χ1n) is 7.83. The number of piperidine rings is 1. The summed E-state index contributed by atoms with van der Waals surface area (Å²) in [7, 11) is 0. The minimum atomic E-state index is -0.373. The van der Waals surface area contributed by atoms with E-state index in [1.807, 2.05) is 11.0 Å². The number of carbonyl (C=O) groups is 2. The first-order valence-corrected chi connectivity index (χ1v) is 7.83. The van der Waals surface area contributed by atoms with Crippen molar-refractivity contribution in [3.63, 3.8) is 0 Å². The van der Waals surface area contributed by atoms with Crippen LogP contribution in [0.5, 0.6) is 0 Å². The SMILES string of the molecule is CCOC(=O)CN1CCN(CC=C2CNCCC2O)CC1=O. The molecule has 22 heavy (non-hydrogen) atoms. The largest absolute Gasteiger partial charge is 0.465 e. The van der Waals surface area contributed by atoms with Gasteiger partial charge in [-0.05, 0) is 25.5 Å². The Morgan fingerprint density at radius 3 is 3.00 bits per heavy atom. The number of aliphatic hydroxyl groups excluding tert-OH is 1. The van der Waals surface area contributed by atoms with Gasteiger partial charge in [0.2, 0.25) is 5.91 Å². The van der Waals surface area contributed by atoms with Crippen LogP contribution in [0.15, 0.2) is 11.6 Å². The summed E-state index contributed by atoms with van der Waals surface area (Å²) >= 11 is 0. The molecule has 2 rings (SSSR count). The van der Waals surface area contributed by atoms with E-state index in [0.717, 1.165) is 25.1 Å². The standard InChI is InChI=1S/C15H25N3O4/c1-2-22-15(21)11-18-8-7-17(10-14(18)20)6-4-12-9-16-5-3-13(12)19/h4,13,16,19H,2-3,5-11H2,1H3. The van der Waals surface area contributed by atoms with E-state index >= 15 is 0 Å². The number of nitrogens with zero attached hydrogens (tertiary/aromatic N) is 2.